The minimum Gasteiger partial charge on any atom is -0.308 e. The summed E-state index contributed by atoms with van der Waals surface area (Å²) in [6.45, 7) is 0.415. The van der Waals surface area contributed by atoms with Gasteiger partial charge in [0.25, 0.3) is 0 Å². The van der Waals surface area contributed by atoms with Crippen LogP contribution in [0.1, 0.15) is 0 Å². The normalized spacial score (nSPS) is 15.2. The second-order valence-electron chi connectivity index (χ2n) is 3.22. The minimum atomic E-state index is -0.491. The highest BCUT2D eigenvalue weighted by Gasteiger charge is 2.17. The first kappa shape index (κ1) is 10.4. The average molecular weight is 276 g/mol. The topological polar surface area (TPSA) is 18.8 Å². The lowest BCUT2D eigenvalue weighted by atomic mass is 10.3. The second kappa shape index (κ2) is 3.77. The Labute approximate surface area is 94.1 Å². The van der Waals surface area contributed by atoms with Crippen LogP contribution in [0.15, 0.2) is 21.7 Å². The molecule has 15 heavy (non-hydrogen) atoms. The Morgan fingerprint density at radius 1 is 1.33 bits per heavy atom. The van der Waals surface area contributed by atoms with Crippen LogP contribution in [0, 0.1) is 11.6 Å². The van der Waals surface area contributed by atoms with Crippen molar-refractivity contribution >= 4 is 28.0 Å². The zero-order valence-electron chi connectivity index (χ0n) is 7.91. The molecule has 0 saturated heterocycles. The number of benzene rings is 1. The molecule has 6 heteroatoms. The van der Waals surface area contributed by atoms with E-state index >= 15 is 0 Å². The molecule has 0 aromatic heterocycles. The molecule has 0 atom stereocenters. The number of halogens is 3. The summed E-state index contributed by atoms with van der Waals surface area (Å²) in [5.41, 5.74) is 0.184. The molecule has 1 aromatic carbocycles. The van der Waals surface area contributed by atoms with Crippen LogP contribution in [0.5, 0.6) is 0 Å². The van der Waals surface area contributed by atoms with Gasteiger partial charge in [-0.25, -0.2) is 8.78 Å². The molecule has 80 valence electrons. The molecule has 0 radical (unpaired) electrons. The zero-order chi connectivity index (χ0) is 11.0. The molecule has 0 spiro atoms. The van der Waals surface area contributed by atoms with Crippen LogP contribution in [0.4, 0.5) is 14.5 Å². The average Bonchev–Trinajstić information content (AvgIpc) is 2.58. The fraction of sp³-hybridized carbons (Fsp3) is 0.222. The predicted molar refractivity (Wildman–Crippen MR) is 57.7 cm³/mol. The highest BCUT2D eigenvalue weighted by atomic mass is 79.9. The third kappa shape index (κ3) is 1.94. The molecule has 0 bridgehead atoms. The first-order valence-corrected chi connectivity index (χ1v) is 5.03. The predicted octanol–water partition coefficient (Wildman–Crippen LogP) is 2.38. The molecule has 0 amide bonds. The number of hydrogen-bond acceptors (Lipinski definition) is 3. The highest BCUT2D eigenvalue weighted by molar-refractivity contribution is 9.10. The van der Waals surface area contributed by atoms with E-state index in [-0.39, 0.29) is 10.2 Å². The van der Waals surface area contributed by atoms with E-state index in [9.17, 15) is 8.78 Å². The molecule has 1 aliphatic rings. The quantitative estimate of drug-likeness (QED) is 0.733. The Morgan fingerprint density at radius 2 is 2.07 bits per heavy atom. The van der Waals surface area contributed by atoms with Crippen molar-refractivity contribution in [2.45, 2.75) is 0 Å². The molecular weight excluding hydrogens is 268 g/mol. The van der Waals surface area contributed by atoms with Crippen LogP contribution < -0.4 is 4.90 Å². The van der Waals surface area contributed by atoms with Gasteiger partial charge in [-0.15, -0.1) is 0 Å². The molecule has 0 fully saturated rings. The Kier molecular flexibility index (Phi) is 2.60. The zero-order valence-corrected chi connectivity index (χ0v) is 9.50. The van der Waals surface area contributed by atoms with Gasteiger partial charge in [0.2, 0.25) is 0 Å². The van der Waals surface area contributed by atoms with Crippen molar-refractivity contribution in [3.8, 4) is 0 Å². The number of nitrogens with zero attached hydrogens (tertiary/aromatic N) is 3. The van der Waals surface area contributed by atoms with Crippen molar-refractivity contribution in [1.29, 1.82) is 0 Å². The number of rotatable bonds is 1. The lowest BCUT2D eigenvalue weighted by molar-refractivity contribution is 0.392. The summed E-state index contributed by atoms with van der Waals surface area (Å²) in [4.78, 5) is 1.53. The van der Waals surface area contributed by atoms with Gasteiger partial charge >= 0.3 is 0 Å². The Morgan fingerprint density at radius 3 is 2.67 bits per heavy atom. The van der Waals surface area contributed by atoms with Crippen molar-refractivity contribution in [2.75, 3.05) is 18.6 Å². The van der Waals surface area contributed by atoms with Gasteiger partial charge in [-0.05, 0) is 22.0 Å². The third-order valence-corrected chi connectivity index (χ3v) is 2.65. The maximum atomic E-state index is 13.5. The van der Waals surface area contributed by atoms with E-state index < -0.39 is 11.6 Å². The van der Waals surface area contributed by atoms with Gasteiger partial charge < -0.3 is 4.90 Å². The van der Waals surface area contributed by atoms with E-state index in [1.807, 2.05) is 0 Å². The van der Waals surface area contributed by atoms with Crippen molar-refractivity contribution in [3.05, 3.63) is 28.2 Å². The van der Waals surface area contributed by atoms with Gasteiger partial charge in [0.15, 0.2) is 0 Å². The van der Waals surface area contributed by atoms with Crippen molar-refractivity contribution in [1.82, 2.24) is 5.01 Å². The smallest absolute Gasteiger partial charge is 0.148 e. The van der Waals surface area contributed by atoms with Crippen LogP contribution in [0.2, 0.25) is 0 Å². The standard InChI is InChI=1S/C9H8BrF2N3/c1-14-5-15(4-13-14)9-3-7(11)6(10)2-8(9)12/h2-4H,5H2,1H3. The van der Waals surface area contributed by atoms with Crippen molar-refractivity contribution < 1.29 is 8.78 Å². The maximum absolute atomic E-state index is 13.5. The molecule has 2 rings (SSSR count). The van der Waals surface area contributed by atoms with Gasteiger partial charge in [-0.1, -0.05) is 0 Å². The summed E-state index contributed by atoms with van der Waals surface area (Å²) < 4.78 is 26.8. The molecule has 0 unspecified atom stereocenters. The minimum absolute atomic E-state index is 0.119. The molecule has 0 saturated carbocycles. The van der Waals surface area contributed by atoms with E-state index in [4.69, 9.17) is 0 Å². The van der Waals surface area contributed by atoms with Gasteiger partial charge in [-0.3, -0.25) is 5.01 Å². The fourth-order valence-corrected chi connectivity index (χ4v) is 1.63. The van der Waals surface area contributed by atoms with Gasteiger partial charge in [0.05, 0.1) is 10.2 Å². The third-order valence-electron chi connectivity index (χ3n) is 2.04. The summed E-state index contributed by atoms with van der Waals surface area (Å²) in [5.74, 6) is -0.973. The monoisotopic (exact) mass is 275 g/mol. The molecule has 1 aromatic rings. The number of hydrogen-bond donors (Lipinski definition) is 0. The van der Waals surface area contributed by atoms with E-state index in [2.05, 4.69) is 21.0 Å². The largest absolute Gasteiger partial charge is 0.308 e. The maximum Gasteiger partial charge on any atom is 0.148 e. The lowest BCUT2D eigenvalue weighted by Gasteiger charge is -2.16. The van der Waals surface area contributed by atoms with E-state index in [1.165, 1.54) is 11.2 Å². The van der Waals surface area contributed by atoms with Crippen LogP contribution in [-0.4, -0.2) is 25.1 Å². The van der Waals surface area contributed by atoms with Gasteiger partial charge in [0.1, 0.15) is 24.6 Å². The van der Waals surface area contributed by atoms with E-state index in [1.54, 1.807) is 12.1 Å². The van der Waals surface area contributed by atoms with Crippen LogP contribution in [-0.2, 0) is 0 Å². The Bertz CT molecular complexity index is 422. The SMILES string of the molecule is CN1CN(c2cc(F)c(Br)cc2F)C=N1. The molecule has 1 heterocycles. The summed E-state index contributed by atoms with van der Waals surface area (Å²) in [6, 6.07) is 2.25. The fourth-order valence-electron chi connectivity index (χ4n) is 1.31. The van der Waals surface area contributed by atoms with Crippen LogP contribution >= 0.6 is 15.9 Å². The number of hydrazone groups is 1. The summed E-state index contributed by atoms with van der Waals surface area (Å²) >= 11 is 2.92. The summed E-state index contributed by atoms with van der Waals surface area (Å²) in [6.07, 6.45) is 1.46. The molecule has 0 N–H and O–H groups in total. The highest BCUT2D eigenvalue weighted by Crippen LogP contribution is 2.26. The molecule has 1 aliphatic heterocycles. The first-order chi connectivity index (χ1) is 7.08. The van der Waals surface area contributed by atoms with Crippen LogP contribution in [0.3, 0.4) is 0 Å². The molecular formula is C9H8BrF2N3. The van der Waals surface area contributed by atoms with Crippen LogP contribution in [0.25, 0.3) is 0 Å². The Balaban J connectivity index is 2.37. The Hall–Kier alpha value is -1.17. The van der Waals surface area contributed by atoms with Crippen molar-refractivity contribution in [3.63, 3.8) is 0 Å². The lowest BCUT2D eigenvalue weighted by Crippen LogP contribution is -2.24. The summed E-state index contributed by atoms with van der Waals surface area (Å²) in [5, 5.41) is 5.54. The second-order valence-corrected chi connectivity index (χ2v) is 4.07. The van der Waals surface area contributed by atoms with Crippen molar-refractivity contribution in [2.24, 2.45) is 5.10 Å². The molecule has 0 aliphatic carbocycles. The van der Waals surface area contributed by atoms with E-state index in [0.29, 0.717) is 6.67 Å². The molecule has 3 nitrogen and oxygen atoms in total. The van der Waals surface area contributed by atoms with E-state index in [0.717, 1.165) is 12.1 Å². The number of anilines is 1. The van der Waals surface area contributed by atoms with Gasteiger partial charge in [0, 0.05) is 13.1 Å². The van der Waals surface area contributed by atoms with Gasteiger partial charge in [-0.2, -0.15) is 5.10 Å². The first-order valence-electron chi connectivity index (χ1n) is 4.24. The summed E-state index contributed by atoms with van der Waals surface area (Å²) in [7, 11) is 1.75.